The van der Waals surface area contributed by atoms with Gasteiger partial charge in [-0.05, 0) is 36.4 Å². The molecule has 0 radical (unpaired) electrons. The summed E-state index contributed by atoms with van der Waals surface area (Å²) in [6.45, 7) is -0.525. The van der Waals surface area contributed by atoms with Gasteiger partial charge in [0.1, 0.15) is 18.1 Å². The average Bonchev–Trinajstić information content (AvgIpc) is 2.54. The highest BCUT2D eigenvalue weighted by Gasteiger charge is 2.20. The van der Waals surface area contributed by atoms with Crippen molar-refractivity contribution in [3.05, 3.63) is 59.9 Å². The van der Waals surface area contributed by atoms with Crippen molar-refractivity contribution < 1.29 is 22.7 Å². The highest BCUT2D eigenvalue weighted by molar-refractivity contribution is 7.92. The van der Waals surface area contributed by atoms with Gasteiger partial charge < -0.3 is 5.11 Å². The molecule has 0 aliphatic carbocycles. The van der Waals surface area contributed by atoms with Crippen LogP contribution in [0, 0.1) is 5.82 Å². The van der Waals surface area contributed by atoms with Gasteiger partial charge in [-0.1, -0.05) is 12.1 Å². The molecule has 2 N–H and O–H groups in total. The van der Waals surface area contributed by atoms with E-state index in [1.54, 1.807) is 18.2 Å². The Morgan fingerprint density at radius 3 is 2.48 bits per heavy atom. The molecule has 0 aromatic heterocycles. The molecule has 0 fully saturated rings. The lowest BCUT2D eigenvalue weighted by Crippen LogP contribution is -2.39. The Balaban J connectivity index is 2.07. The largest absolute Gasteiger partial charge is 0.507 e. The van der Waals surface area contributed by atoms with Gasteiger partial charge in [0.05, 0.1) is 18.2 Å². The van der Waals surface area contributed by atoms with E-state index in [1.165, 1.54) is 24.4 Å². The number of halogens is 1. The standard InChI is InChI=1S/C16H16FN3O4S/c1-25(23,24)20(14-8-6-13(17)7-9-14)11-16(22)19-18-10-12-4-2-3-5-15(12)21/h2-10,21H,11H2,1H3,(H,19,22). The number of amides is 1. The lowest BCUT2D eigenvalue weighted by molar-refractivity contribution is -0.119. The Hall–Kier alpha value is -2.94. The molecule has 0 spiro atoms. The quantitative estimate of drug-likeness (QED) is 0.598. The molecular formula is C16H16FN3O4S. The van der Waals surface area contributed by atoms with E-state index in [9.17, 15) is 22.7 Å². The third-order valence-corrected chi connectivity index (χ3v) is 4.27. The van der Waals surface area contributed by atoms with Crippen molar-refractivity contribution >= 4 is 27.8 Å². The molecule has 0 aliphatic heterocycles. The summed E-state index contributed by atoms with van der Waals surface area (Å²) in [7, 11) is -3.75. The smallest absolute Gasteiger partial charge is 0.260 e. The zero-order valence-electron chi connectivity index (χ0n) is 13.3. The van der Waals surface area contributed by atoms with E-state index < -0.39 is 28.3 Å². The van der Waals surface area contributed by atoms with E-state index in [1.807, 2.05) is 0 Å². The zero-order chi connectivity index (χ0) is 18.4. The van der Waals surface area contributed by atoms with Crippen molar-refractivity contribution in [2.45, 2.75) is 0 Å². The Morgan fingerprint density at radius 2 is 1.88 bits per heavy atom. The third-order valence-electron chi connectivity index (χ3n) is 3.13. The normalized spacial score (nSPS) is 11.4. The predicted octanol–water partition coefficient (Wildman–Crippen LogP) is 1.45. The van der Waals surface area contributed by atoms with Crippen LogP contribution in [0.4, 0.5) is 10.1 Å². The lowest BCUT2D eigenvalue weighted by Gasteiger charge is -2.21. The molecule has 9 heteroatoms. The second-order valence-electron chi connectivity index (χ2n) is 5.10. The topological polar surface area (TPSA) is 99.1 Å². The number of nitrogens with one attached hydrogen (secondary N) is 1. The van der Waals surface area contributed by atoms with Crippen molar-refractivity contribution in [2.24, 2.45) is 5.10 Å². The number of anilines is 1. The number of aromatic hydroxyl groups is 1. The molecular weight excluding hydrogens is 349 g/mol. The first-order valence-electron chi connectivity index (χ1n) is 7.10. The molecule has 0 bridgehead atoms. The van der Waals surface area contributed by atoms with Crippen LogP contribution >= 0.6 is 0 Å². The van der Waals surface area contributed by atoms with Gasteiger partial charge in [0.2, 0.25) is 10.0 Å². The molecule has 0 atom stereocenters. The maximum atomic E-state index is 13.0. The van der Waals surface area contributed by atoms with Crippen molar-refractivity contribution in [1.29, 1.82) is 0 Å². The molecule has 132 valence electrons. The Kier molecular flexibility index (Phi) is 5.71. The molecule has 1 amide bonds. The van der Waals surface area contributed by atoms with Gasteiger partial charge in [0.25, 0.3) is 5.91 Å². The van der Waals surface area contributed by atoms with E-state index in [0.29, 0.717) is 5.56 Å². The molecule has 0 unspecified atom stereocenters. The van der Waals surface area contributed by atoms with Crippen LogP contribution in [-0.2, 0) is 14.8 Å². The first-order chi connectivity index (χ1) is 11.8. The number of carbonyl (C=O) groups excluding carboxylic acids is 1. The number of benzene rings is 2. The summed E-state index contributed by atoms with van der Waals surface area (Å²) in [6, 6.07) is 11.1. The maximum Gasteiger partial charge on any atom is 0.260 e. The number of phenols is 1. The molecule has 2 rings (SSSR count). The van der Waals surface area contributed by atoms with Gasteiger partial charge in [-0.15, -0.1) is 0 Å². The Bertz CT molecular complexity index is 883. The Labute approximate surface area is 144 Å². The number of hydrogen-bond donors (Lipinski definition) is 2. The zero-order valence-corrected chi connectivity index (χ0v) is 14.1. The highest BCUT2D eigenvalue weighted by atomic mass is 32.2. The van der Waals surface area contributed by atoms with Crippen molar-refractivity contribution in [2.75, 3.05) is 17.1 Å². The molecule has 0 heterocycles. The SMILES string of the molecule is CS(=O)(=O)N(CC(=O)NN=Cc1ccccc1O)c1ccc(F)cc1. The lowest BCUT2D eigenvalue weighted by atomic mass is 10.2. The number of carbonyl (C=O) groups is 1. The molecule has 7 nitrogen and oxygen atoms in total. The van der Waals surface area contributed by atoms with Crippen LogP contribution < -0.4 is 9.73 Å². The summed E-state index contributed by atoms with van der Waals surface area (Å²) >= 11 is 0. The number of nitrogens with zero attached hydrogens (tertiary/aromatic N) is 2. The molecule has 2 aromatic carbocycles. The highest BCUT2D eigenvalue weighted by Crippen LogP contribution is 2.17. The Morgan fingerprint density at radius 1 is 1.24 bits per heavy atom. The number of para-hydroxylation sites is 1. The second kappa shape index (κ2) is 7.75. The van der Waals surface area contributed by atoms with Crippen molar-refractivity contribution in [3.8, 4) is 5.75 Å². The first kappa shape index (κ1) is 18.4. The predicted molar refractivity (Wildman–Crippen MR) is 92.4 cm³/mol. The molecule has 2 aromatic rings. The molecule has 0 saturated carbocycles. The summed E-state index contributed by atoms with van der Waals surface area (Å²) in [5.74, 6) is -1.22. The summed E-state index contributed by atoms with van der Waals surface area (Å²) in [4.78, 5) is 11.9. The van der Waals surface area contributed by atoms with Crippen LogP contribution in [0.15, 0.2) is 53.6 Å². The molecule has 0 saturated heterocycles. The second-order valence-corrected chi connectivity index (χ2v) is 7.00. The minimum atomic E-state index is -3.75. The van der Waals surface area contributed by atoms with E-state index in [2.05, 4.69) is 10.5 Å². The summed E-state index contributed by atoms with van der Waals surface area (Å²) < 4.78 is 37.6. The van der Waals surface area contributed by atoms with E-state index in [0.717, 1.165) is 22.7 Å². The fourth-order valence-corrected chi connectivity index (χ4v) is 2.80. The van der Waals surface area contributed by atoms with Crippen LogP contribution in [-0.4, -0.2) is 38.4 Å². The van der Waals surface area contributed by atoms with E-state index in [-0.39, 0.29) is 11.4 Å². The van der Waals surface area contributed by atoms with Crippen LogP contribution in [0.3, 0.4) is 0 Å². The number of hydrogen-bond acceptors (Lipinski definition) is 5. The van der Waals surface area contributed by atoms with E-state index >= 15 is 0 Å². The van der Waals surface area contributed by atoms with Gasteiger partial charge in [-0.2, -0.15) is 5.10 Å². The summed E-state index contributed by atoms with van der Waals surface area (Å²) in [5.41, 5.74) is 2.73. The maximum absolute atomic E-state index is 13.0. The van der Waals surface area contributed by atoms with Crippen LogP contribution in [0.2, 0.25) is 0 Å². The van der Waals surface area contributed by atoms with Gasteiger partial charge in [0.15, 0.2) is 0 Å². The third kappa shape index (κ3) is 5.28. The van der Waals surface area contributed by atoms with Gasteiger partial charge in [-0.3, -0.25) is 9.10 Å². The van der Waals surface area contributed by atoms with Crippen molar-refractivity contribution in [1.82, 2.24) is 5.43 Å². The first-order valence-corrected chi connectivity index (χ1v) is 8.95. The fourth-order valence-electron chi connectivity index (χ4n) is 1.94. The van der Waals surface area contributed by atoms with E-state index in [4.69, 9.17) is 0 Å². The summed E-state index contributed by atoms with van der Waals surface area (Å²) in [6.07, 6.45) is 2.17. The van der Waals surface area contributed by atoms with Crippen LogP contribution in [0.1, 0.15) is 5.56 Å². The van der Waals surface area contributed by atoms with Crippen molar-refractivity contribution in [3.63, 3.8) is 0 Å². The minimum Gasteiger partial charge on any atom is -0.507 e. The summed E-state index contributed by atoms with van der Waals surface area (Å²) in [5, 5.41) is 13.3. The van der Waals surface area contributed by atoms with Gasteiger partial charge >= 0.3 is 0 Å². The number of hydrazone groups is 1. The van der Waals surface area contributed by atoms with Gasteiger partial charge in [0, 0.05) is 5.56 Å². The van der Waals surface area contributed by atoms with Gasteiger partial charge in [-0.25, -0.2) is 18.2 Å². The monoisotopic (exact) mass is 365 g/mol. The number of sulfonamides is 1. The molecule has 0 aliphatic rings. The number of rotatable bonds is 6. The molecule has 25 heavy (non-hydrogen) atoms. The average molecular weight is 365 g/mol. The minimum absolute atomic E-state index is 0.00965. The number of phenolic OH excluding ortho intramolecular Hbond substituents is 1. The van der Waals surface area contributed by atoms with Crippen LogP contribution in [0.25, 0.3) is 0 Å². The fraction of sp³-hybridized carbons (Fsp3) is 0.125. The van der Waals surface area contributed by atoms with Crippen LogP contribution in [0.5, 0.6) is 5.75 Å².